The number of hydrogen-bond donors (Lipinski definition) is 1. The van der Waals surface area contributed by atoms with E-state index in [4.69, 9.17) is 4.74 Å². The summed E-state index contributed by atoms with van der Waals surface area (Å²) in [5, 5.41) is 0. The number of halogens is 1. The van der Waals surface area contributed by atoms with Gasteiger partial charge in [0.1, 0.15) is 11.6 Å². The predicted molar refractivity (Wildman–Crippen MR) is 82.9 cm³/mol. The zero-order chi connectivity index (χ0) is 16.3. The van der Waals surface area contributed by atoms with Crippen molar-refractivity contribution in [3.8, 4) is 5.75 Å². The number of para-hydroxylation sites is 1. The van der Waals surface area contributed by atoms with Gasteiger partial charge >= 0.3 is 0 Å². The number of methoxy groups -OCH3 is 1. The number of aryl methyl sites for hydroxylation is 1. The Labute approximate surface area is 130 Å². The first-order chi connectivity index (χ1) is 10.3. The summed E-state index contributed by atoms with van der Waals surface area (Å²) >= 11 is 0. The fraction of sp³-hybridized carbons (Fsp3) is 0.250. The molecule has 0 aliphatic rings. The smallest absolute Gasteiger partial charge is 0.241 e. The van der Waals surface area contributed by atoms with Crippen LogP contribution in [0.4, 0.5) is 4.39 Å². The molecule has 118 valence electrons. The summed E-state index contributed by atoms with van der Waals surface area (Å²) in [5.41, 5.74) is 1.01. The van der Waals surface area contributed by atoms with Crippen LogP contribution in [0.3, 0.4) is 0 Å². The number of rotatable bonds is 5. The molecular formula is C16H18FNO3S. The molecule has 0 aliphatic heterocycles. The summed E-state index contributed by atoms with van der Waals surface area (Å²) in [6.45, 7) is 3.25. The monoisotopic (exact) mass is 323 g/mol. The number of nitrogens with one attached hydrogen (secondary N) is 1. The van der Waals surface area contributed by atoms with Gasteiger partial charge in [-0.25, -0.2) is 17.5 Å². The van der Waals surface area contributed by atoms with Crippen molar-refractivity contribution < 1.29 is 17.5 Å². The van der Waals surface area contributed by atoms with E-state index in [0.29, 0.717) is 5.75 Å². The average Bonchev–Trinajstić information content (AvgIpc) is 2.49. The van der Waals surface area contributed by atoms with E-state index >= 15 is 0 Å². The van der Waals surface area contributed by atoms with Crippen LogP contribution < -0.4 is 9.46 Å². The molecular weight excluding hydrogens is 305 g/mol. The molecule has 0 heterocycles. The lowest BCUT2D eigenvalue weighted by molar-refractivity contribution is 0.405. The van der Waals surface area contributed by atoms with E-state index in [9.17, 15) is 12.8 Å². The third kappa shape index (κ3) is 3.45. The lowest BCUT2D eigenvalue weighted by Crippen LogP contribution is -2.27. The van der Waals surface area contributed by atoms with Gasteiger partial charge in [-0.3, -0.25) is 0 Å². The summed E-state index contributed by atoms with van der Waals surface area (Å²) in [7, 11) is -2.21. The molecule has 2 aromatic carbocycles. The van der Waals surface area contributed by atoms with Gasteiger partial charge in [-0.15, -0.1) is 0 Å². The molecule has 0 saturated heterocycles. The lowest BCUT2D eigenvalue weighted by Gasteiger charge is -2.17. The van der Waals surface area contributed by atoms with Crippen molar-refractivity contribution in [1.82, 2.24) is 4.72 Å². The van der Waals surface area contributed by atoms with E-state index in [2.05, 4.69) is 4.72 Å². The Morgan fingerprint density at radius 2 is 1.86 bits per heavy atom. The third-order valence-corrected chi connectivity index (χ3v) is 4.92. The topological polar surface area (TPSA) is 55.4 Å². The van der Waals surface area contributed by atoms with Crippen LogP contribution in [-0.2, 0) is 10.0 Å². The Morgan fingerprint density at radius 3 is 2.50 bits per heavy atom. The van der Waals surface area contributed by atoms with Gasteiger partial charge in [0.05, 0.1) is 12.0 Å². The fourth-order valence-corrected chi connectivity index (χ4v) is 3.48. The van der Waals surface area contributed by atoms with E-state index in [1.165, 1.54) is 26.2 Å². The van der Waals surface area contributed by atoms with E-state index in [-0.39, 0.29) is 10.5 Å². The second-order valence-electron chi connectivity index (χ2n) is 5.00. The Hall–Kier alpha value is -1.92. The van der Waals surface area contributed by atoms with E-state index in [0.717, 1.165) is 11.6 Å². The maximum atomic E-state index is 13.3. The Balaban J connectivity index is 2.29. The van der Waals surface area contributed by atoms with Crippen LogP contribution in [0, 0.1) is 12.7 Å². The van der Waals surface area contributed by atoms with Crippen LogP contribution in [0.5, 0.6) is 5.75 Å². The predicted octanol–water partition coefficient (Wildman–Crippen LogP) is 3.18. The van der Waals surface area contributed by atoms with Crippen LogP contribution in [-0.4, -0.2) is 15.5 Å². The van der Waals surface area contributed by atoms with Gasteiger partial charge in [0.15, 0.2) is 0 Å². The van der Waals surface area contributed by atoms with Crippen LogP contribution in [0.1, 0.15) is 24.1 Å². The molecule has 6 heteroatoms. The first-order valence-corrected chi connectivity index (χ1v) is 8.25. The third-order valence-electron chi connectivity index (χ3n) is 3.38. The van der Waals surface area contributed by atoms with Crippen molar-refractivity contribution in [2.75, 3.05) is 7.11 Å². The van der Waals surface area contributed by atoms with Gasteiger partial charge in [-0.05, 0) is 43.7 Å². The summed E-state index contributed by atoms with van der Waals surface area (Å²) in [6, 6.07) is 10.4. The summed E-state index contributed by atoms with van der Waals surface area (Å²) in [4.78, 5) is 0.0353. The van der Waals surface area contributed by atoms with Gasteiger partial charge in [-0.2, -0.15) is 0 Å². The molecule has 0 fully saturated rings. The number of benzene rings is 2. The molecule has 0 aliphatic carbocycles. The van der Waals surface area contributed by atoms with Crippen molar-refractivity contribution in [2.45, 2.75) is 24.8 Å². The molecule has 2 rings (SSSR count). The minimum absolute atomic E-state index is 0.0353. The number of sulfonamides is 1. The number of ether oxygens (including phenoxy) is 1. The highest BCUT2D eigenvalue weighted by Crippen LogP contribution is 2.26. The van der Waals surface area contributed by atoms with Gasteiger partial charge in [0.2, 0.25) is 10.0 Å². The molecule has 2 aromatic rings. The van der Waals surface area contributed by atoms with Crippen molar-refractivity contribution >= 4 is 10.0 Å². The van der Waals surface area contributed by atoms with Crippen molar-refractivity contribution in [2.24, 2.45) is 0 Å². The maximum absolute atomic E-state index is 13.3. The molecule has 0 aromatic heterocycles. The Morgan fingerprint density at radius 1 is 1.18 bits per heavy atom. The van der Waals surface area contributed by atoms with E-state index < -0.39 is 21.9 Å². The maximum Gasteiger partial charge on any atom is 0.241 e. The Bertz CT molecular complexity index is 775. The first kappa shape index (κ1) is 16.5. The van der Waals surface area contributed by atoms with E-state index in [1.807, 2.05) is 12.1 Å². The second-order valence-corrected chi connectivity index (χ2v) is 6.71. The minimum Gasteiger partial charge on any atom is -0.496 e. The first-order valence-electron chi connectivity index (χ1n) is 6.76. The fourth-order valence-electron chi connectivity index (χ4n) is 2.17. The highest BCUT2D eigenvalue weighted by atomic mass is 32.2. The highest BCUT2D eigenvalue weighted by molar-refractivity contribution is 7.89. The lowest BCUT2D eigenvalue weighted by atomic mass is 10.1. The van der Waals surface area contributed by atoms with Crippen LogP contribution in [0.15, 0.2) is 47.4 Å². The second kappa shape index (κ2) is 6.46. The van der Waals surface area contributed by atoms with E-state index in [1.54, 1.807) is 19.1 Å². The molecule has 0 spiro atoms. The van der Waals surface area contributed by atoms with Crippen LogP contribution >= 0.6 is 0 Å². The van der Waals surface area contributed by atoms with Crippen LogP contribution in [0.2, 0.25) is 0 Å². The molecule has 0 amide bonds. The quantitative estimate of drug-likeness (QED) is 0.919. The highest BCUT2D eigenvalue weighted by Gasteiger charge is 2.21. The van der Waals surface area contributed by atoms with Gasteiger partial charge in [0.25, 0.3) is 0 Å². The molecule has 4 nitrogen and oxygen atoms in total. The largest absolute Gasteiger partial charge is 0.496 e. The molecule has 22 heavy (non-hydrogen) atoms. The van der Waals surface area contributed by atoms with Crippen molar-refractivity contribution in [3.05, 3.63) is 59.4 Å². The molecule has 1 unspecified atom stereocenters. The molecule has 0 radical (unpaired) electrons. The summed E-state index contributed by atoms with van der Waals surface area (Å²) in [5.74, 6) is 0.171. The van der Waals surface area contributed by atoms with Gasteiger partial charge in [0, 0.05) is 11.6 Å². The molecule has 1 N–H and O–H groups in total. The summed E-state index contributed by atoms with van der Waals surface area (Å²) in [6.07, 6.45) is 0. The zero-order valence-corrected chi connectivity index (χ0v) is 13.4. The van der Waals surface area contributed by atoms with Crippen molar-refractivity contribution in [1.29, 1.82) is 0 Å². The minimum atomic E-state index is -3.74. The molecule has 1 atom stereocenters. The molecule has 0 bridgehead atoms. The Kier molecular flexibility index (Phi) is 4.83. The average molecular weight is 323 g/mol. The standard InChI is InChI=1S/C16H18FNO3S/c1-11-10-13(8-9-15(11)17)22(19,20)18-12(2)14-6-4-5-7-16(14)21-3/h4-10,12,18H,1-3H3. The van der Waals surface area contributed by atoms with Crippen molar-refractivity contribution in [3.63, 3.8) is 0 Å². The normalized spacial score (nSPS) is 12.9. The number of hydrogen-bond acceptors (Lipinski definition) is 3. The van der Waals surface area contributed by atoms with Gasteiger partial charge in [-0.1, -0.05) is 18.2 Å². The zero-order valence-electron chi connectivity index (χ0n) is 12.6. The van der Waals surface area contributed by atoms with Gasteiger partial charge < -0.3 is 4.74 Å². The SMILES string of the molecule is COc1ccccc1C(C)NS(=O)(=O)c1ccc(F)c(C)c1. The molecule has 0 saturated carbocycles. The van der Waals surface area contributed by atoms with Crippen LogP contribution in [0.25, 0.3) is 0 Å². The summed E-state index contributed by atoms with van der Waals surface area (Å²) < 4.78 is 45.9.